The van der Waals surface area contributed by atoms with Crippen molar-refractivity contribution in [1.82, 2.24) is 0 Å². The molecule has 4 atom stereocenters. The van der Waals surface area contributed by atoms with Crippen LogP contribution in [0.2, 0.25) is 0 Å². The first-order valence-corrected chi connectivity index (χ1v) is 7.34. The number of nitriles is 1. The first kappa shape index (κ1) is 12.7. The lowest BCUT2D eigenvalue weighted by Crippen LogP contribution is -2.30. The van der Waals surface area contributed by atoms with Crippen molar-refractivity contribution in [1.29, 1.82) is 5.26 Å². The molecular weight excluding hydrogens is 206 g/mol. The third kappa shape index (κ3) is 3.61. The second kappa shape index (κ2) is 6.27. The fourth-order valence-corrected chi connectivity index (χ4v) is 4.12. The highest BCUT2D eigenvalue weighted by atomic mass is 32.2. The maximum atomic E-state index is 12.1. The predicted octanol–water partition coefficient (Wildman–Crippen LogP) is 2.86. The highest BCUT2D eigenvalue weighted by Gasteiger charge is 2.30. The van der Waals surface area contributed by atoms with Gasteiger partial charge in [-0.3, -0.25) is 4.21 Å². The Hall–Kier alpha value is -0.360. The number of hydrogen-bond acceptors (Lipinski definition) is 2. The van der Waals surface area contributed by atoms with Crippen molar-refractivity contribution in [2.45, 2.75) is 51.2 Å². The topological polar surface area (TPSA) is 40.9 Å². The number of rotatable bonds is 4. The van der Waals surface area contributed by atoms with E-state index in [0.717, 1.165) is 37.9 Å². The van der Waals surface area contributed by atoms with Crippen LogP contribution in [0.15, 0.2) is 0 Å². The SMILES string of the molecule is CCC(C)CS(=O)C1CCCCC1C#N. The van der Waals surface area contributed by atoms with Gasteiger partial charge in [0.1, 0.15) is 0 Å². The van der Waals surface area contributed by atoms with E-state index in [1.807, 2.05) is 0 Å². The summed E-state index contributed by atoms with van der Waals surface area (Å²) in [6, 6.07) is 2.33. The number of nitrogens with zero attached hydrogens (tertiary/aromatic N) is 1. The van der Waals surface area contributed by atoms with Crippen LogP contribution < -0.4 is 0 Å². The van der Waals surface area contributed by atoms with Crippen molar-refractivity contribution >= 4 is 10.8 Å². The zero-order chi connectivity index (χ0) is 11.3. The molecule has 0 aromatic rings. The van der Waals surface area contributed by atoms with Crippen LogP contribution in [-0.2, 0) is 10.8 Å². The molecule has 0 aliphatic heterocycles. The second-order valence-corrected chi connectivity index (χ2v) is 6.32. The molecule has 1 aliphatic rings. The van der Waals surface area contributed by atoms with Crippen LogP contribution in [0.25, 0.3) is 0 Å². The molecule has 0 N–H and O–H groups in total. The Balaban J connectivity index is 2.53. The summed E-state index contributed by atoms with van der Waals surface area (Å²) in [5.41, 5.74) is 0. The Morgan fingerprint density at radius 3 is 2.73 bits per heavy atom. The monoisotopic (exact) mass is 227 g/mol. The van der Waals surface area contributed by atoms with E-state index in [0.29, 0.717) is 5.92 Å². The average molecular weight is 227 g/mol. The third-order valence-corrected chi connectivity index (χ3v) is 5.49. The van der Waals surface area contributed by atoms with Crippen LogP contribution in [0.1, 0.15) is 46.0 Å². The van der Waals surface area contributed by atoms with Crippen molar-refractivity contribution in [2.75, 3.05) is 5.75 Å². The van der Waals surface area contributed by atoms with Gasteiger partial charge in [-0.2, -0.15) is 5.26 Å². The Labute approximate surface area is 95.5 Å². The van der Waals surface area contributed by atoms with E-state index >= 15 is 0 Å². The molecule has 0 amide bonds. The zero-order valence-electron chi connectivity index (χ0n) is 9.74. The van der Waals surface area contributed by atoms with Gasteiger partial charge in [0, 0.05) is 16.6 Å². The maximum absolute atomic E-state index is 12.1. The van der Waals surface area contributed by atoms with Crippen LogP contribution in [0.3, 0.4) is 0 Å². The minimum Gasteiger partial charge on any atom is -0.259 e. The summed E-state index contributed by atoms with van der Waals surface area (Å²) in [7, 11) is -0.789. The van der Waals surface area contributed by atoms with E-state index in [2.05, 4.69) is 19.9 Å². The standard InChI is InChI=1S/C12H21NOS/c1-3-10(2)9-15(14)12-7-5-4-6-11(12)8-13/h10-12H,3-7,9H2,1-2H3. The Morgan fingerprint density at radius 2 is 2.13 bits per heavy atom. The summed E-state index contributed by atoms with van der Waals surface area (Å²) in [5.74, 6) is 1.34. The van der Waals surface area contributed by atoms with E-state index in [-0.39, 0.29) is 11.2 Å². The fraction of sp³-hybridized carbons (Fsp3) is 0.917. The minimum absolute atomic E-state index is 0.0450. The molecule has 0 heterocycles. The molecule has 0 radical (unpaired) electrons. The Kier molecular flexibility index (Phi) is 5.31. The molecule has 3 heteroatoms. The van der Waals surface area contributed by atoms with Gasteiger partial charge in [0.25, 0.3) is 0 Å². The summed E-state index contributed by atoms with van der Waals surface area (Å²) in [5, 5.41) is 9.17. The van der Waals surface area contributed by atoms with Crippen molar-refractivity contribution < 1.29 is 4.21 Å². The highest BCUT2D eigenvalue weighted by Crippen LogP contribution is 2.28. The molecule has 4 unspecified atom stereocenters. The van der Waals surface area contributed by atoms with Crippen molar-refractivity contribution in [3.63, 3.8) is 0 Å². The second-order valence-electron chi connectivity index (χ2n) is 4.62. The fourth-order valence-electron chi connectivity index (χ4n) is 2.08. The largest absolute Gasteiger partial charge is 0.259 e. The molecule has 0 aromatic carbocycles. The van der Waals surface area contributed by atoms with Gasteiger partial charge in [-0.15, -0.1) is 0 Å². The van der Waals surface area contributed by atoms with E-state index in [9.17, 15) is 4.21 Å². The maximum Gasteiger partial charge on any atom is 0.0668 e. The molecule has 1 saturated carbocycles. The number of hydrogen-bond donors (Lipinski definition) is 0. The Morgan fingerprint density at radius 1 is 1.47 bits per heavy atom. The van der Waals surface area contributed by atoms with Crippen LogP contribution in [0.4, 0.5) is 0 Å². The summed E-state index contributed by atoms with van der Waals surface area (Å²) in [4.78, 5) is 0. The van der Waals surface area contributed by atoms with Gasteiger partial charge in [-0.1, -0.05) is 33.1 Å². The highest BCUT2D eigenvalue weighted by molar-refractivity contribution is 7.85. The molecule has 0 bridgehead atoms. The van der Waals surface area contributed by atoms with Crippen LogP contribution in [0, 0.1) is 23.2 Å². The van der Waals surface area contributed by atoms with Crippen LogP contribution in [0.5, 0.6) is 0 Å². The Bertz CT molecular complexity index is 259. The molecule has 2 nitrogen and oxygen atoms in total. The van der Waals surface area contributed by atoms with Gasteiger partial charge in [-0.05, 0) is 18.8 Å². The van der Waals surface area contributed by atoms with Gasteiger partial charge in [-0.25, -0.2) is 0 Å². The van der Waals surface area contributed by atoms with Gasteiger partial charge in [0.15, 0.2) is 0 Å². The summed E-state index contributed by atoms with van der Waals surface area (Å²) in [6.07, 6.45) is 5.30. The van der Waals surface area contributed by atoms with Gasteiger partial charge < -0.3 is 0 Å². The van der Waals surface area contributed by atoms with E-state index in [1.165, 1.54) is 0 Å². The molecule has 86 valence electrons. The van der Waals surface area contributed by atoms with Gasteiger partial charge >= 0.3 is 0 Å². The zero-order valence-corrected chi connectivity index (χ0v) is 10.6. The van der Waals surface area contributed by atoms with Crippen LogP contribution >= 0.6 is 0 Å². The molecule has 0 spiro atoms. The summed E-state index contributed by atoms with van der Waals surface area (Å²) < 4.78 is 12.1. The first-order valence-electron chi connectivity index (χ1n) is 5.95. The normalized spacial score (nSPS) is 30.5. The molecular formula is C12H21NOS. The predicted molar refractivity (Wildman–Crippen MR) is 63.8 cm³/mol. The van der Waals surface area contributed by atoms with Crippen molar-refractivity contribution in [2.24, 2.45) is 11.8 Å². The lowest BCUT2D eigenvalue weighted by Gasteiger charge is -2.26. The smallest absolute Gasteiger partial charge is 0.0668 e. The lowest BCUT2D eigenvalue weighted by atomic mass is 9.90. The summed E-state index contributed by atoms with van der Waals surface area (Å²) >= 11 is 0. The van der Waals surface area contributed by atoms with Gasteiger partial charge in [0.2, 0.25) is 0 Å². The van der Waals surface area contributed by atoms with Crippen LogP contribution in [-0.4, -0.2) is 15.2 Å². The summed E-state index contributed by atoms with van der Waals surface area (Å²) in [6.45, 7) is 4.27. The molecule has 15 heavy (non-hydrogen) atoms. The lowest BCUT2D eigenvalue weighted by molar-refractivity contribution is 0.429. The molecule has 0 aromatic heterocycles. The molecule has 1 fully saturated rings. The minimum atomic E-state index is -0.789. The quantitative estimate of drug-likeness (QED) is 0.741. The van der Waals surface area contributed by atoms with E-state index in [1.54, 1.807) is 0 Å². The molecule has 0 saturated heterocycles. The van der Waals surface area contributed by atoms with E-state index in [4.69, 9.17) is 5.26 Å². The average Bonchev–Trinajstić information content (AvgIpc) is 2.28. The third-order valence-electron chi connectivity index (χ3n) is 3.35. The van der Waals surface area contributed by atoms with E-state index < -0.39 is 10.8 Å². The van der Waals surface area contributed by atoms with Crippen molar-refractivity contribution in [3.05, 3.63) is 0 Å². The molecule has 1 aliphatic carbocycles. The molecule has 1 rings (SSSR count). The van der Waals surface area contributed by atoms with Gasteiger partial charge in [0.05, 0.1) is 17.2 Å². The van der Waals surface area contributed by atoms with Crippen molar-refractivity contribution in [3.8, 4) is 6.07 Å². The first-order chi connectivity index (χ1) is 7.19.